The van der Waals surface area contributed by atoms with E-state index in [1.807, 2.05) is 44.2 Å². The number of carbonyl (C=O) groups excluding carboxylic acids is 4. The smallest absolute Gasteiger partial charge is 0.293 e. The number of oxazole rings is 1. The summed E-state index contributed by atoms with van der Waals surface area (Å²) in [4.78, 5) is 62.9. The Morgan fingerprint density at radius 3 is 2.60 bits per heavy atom. The number of hydrogen-bond donors (Lipinski definition) is 3. The first-order valence-electron chi connectivity index (χ1n) is 13.7. The maximum atomic E-state index is 13.3. The molecule has 1 aliphatic rings. The van der Waals surface area contributed by atoms with Gasteiger partial charge in [-0.2, -0.15) is 0 Å². The highest BCUT2D eigenvalue weighted by atomic mass is 32.1. The van der Waals surface area contributed by atoms with E-state index in [2.05, 4.69) is 31.1 Å². The number of rotatable bonds is 4. The van der Waals surface area contributed by atoms with Crippen LogP contribution in [-0.4, -0.2) is 63.3 Å². The van der Waals surface area contributed by atoms with E-state index in [1.165, 1.54) is 28.6 Å². The summed E-state index contributed by atoms with van der Waals surface area (Å²) in [7, 11) is 0. The van der Waals surface area contributed by atoms with Crippen LogP contribution in [0.3, 0.4) is 0 Å². The molecule has 3 N–H and O–H groups in total. The zero-order valence-corrected chi connectivity index (χ0v) is 24.6. The molecule has 0 saturated carbocycles. The molecule has 0 spiro atoms. The Kier molecular flexibility index (Phi) is 8.95. The van der Waals surface area contributed by atoms with Gasteiger partial charge >= 0.3 is 0 Å². The number of aryl methyl sites for hydroxylation is 1. The second-order valence-corrected chi connectivity index (χ2v) is 11.4. The molecule has 224 valence electrons. The minimum absolute atomic E-state index is 0.000579. The molecule has 43 heavy (non-hydrogen) atoms. The van der Waals surface area contributed by atoms with Gasteiger partial charge in [0.15, 0.2) is 5.69 Å². The zero-order chi connectivity index (χ0) is 30.5. The van der Waals surface area contributed by atoms with Gasteiger partial charge < -0.3 is 29.8 Å². The molecule has 0 fully saturated rings. The fourth-order valence-electron chi connectivity index (χ4n) is 4.54. The summed E-state index contributed by atoms with van der Waals surface area (Å²) in [6.45, 7) is 5.22. The van der Waals surface area contributed by atoms with E-state index in [0.717, 1.165) is 5.56 Å². The van der Waals surface area contributed by atoms with Crippen LogP contribution in [0.15, 0.2) is 57.0 Å². The highest BCUT2D eigenvalue weighted by Crippen LogP contribution is 2.26. The molecule has 2 atom stereocenters. The van der Waals surface area contributed by atoms with Crippen LogP contribution in [0, 0.1) is 12.8 Å². The van der Waals surface area contributed by atoms with E-state index in [0.29, 0.717) is 17.1 Å². The van der Waals surface area contributed by atoms with Crippen molar-refractivity contribution in [3.63, 3.8) is 0 Å². The third-order valence-corrected chi connectivity index (χ3v) is 7.70. The van der Waals surface area contributed by atoms with E-state index < -0.39 is 35.7 Å². The minimum atomic E-state index is -0.695. The molecular weight excluding hydrogens is 574 g/mol. The average molecular weight is 606 g/mol. The van der Waals surface area contributed by atoms with Crippen molar-refractivity contribution in [1.29, 1.82) is 0 Å². The Balaban J connectivity index is 1.47. The van der Waals surface area contributed by atoms with Crippen LogP contribution in [0.4, 0.5) is 0 Å². The molecule has 3 aromatic heterocycles. The number of carbonyl (C=O) groups is 4. The topological polar surface area (TPSA) is 173 Å². The lowest BCUT2D eigenvalue weighted by molar-refractivity contribution is -0.122. The van der Waals surface area contributed by atoms with Crippen LogP contribution in [0.2, 0.25) is 0 Å². The summed E-state index contributed by atoms with van der Waals surface area (Å²) >= 11 is 1.25. The Labute approximate surface area is 251 Å². The van der Waals surface area contributed by atoms with E-state index in [4.69, 9.17) is 8.94 Å². The number of nitrogens with zero attached hydrogens (tertiary/aromatic N) is 4. The number of benzene rings is 1. The van der Waals surface area contributed by atoms with Crippen LogP contribution in [0.25, 0.3) is 0 Å². The number of thiazole rings is 1. The molecule has 4 aromatic rings. The van der Waals surface area contributed by atoms with Gasteiger partial charge in [0.1, 0.15) is 29.6 Å². The van der Waals surface area contributed by atoms with Crippen molar-refractivity contribution < 1.29 is 28.1 Å². The van der Waals surface area contributed by atoms with Gasteiger partial charge in [-0.25, -0.2) is 9.97 Å². The summed E-state index contributed by atoms with van der Waals surface area (Å²) in [5, 5.41) is 14.5. The van der Waals surface area contributed by atoms with Crippen molar-refractivity contribution in [3.8, 4) is 0 Å². The van der Waals surface area contributed by atoms with Crippen LogP contribution in [-0.2, 0) is 11.2 Å². The highest BCUT2D eigenvalue weighted by Gasteiger charge is 2.29. The summed E-state index contributed by atoms with van der Waals surface area (Å²) < 4.78 is 10.8. The van der Waals surface area contributed by atoms with E-state index in [-0.39, 0.29) is 48.6 Å². The quantitative estimate of drug-likeness (QED) is 0.316. The lowest BCUT2D eigenvalue weighted by atomic mass is 10.0. The van der Waals surface area contributed by atoms with Gasteiger partial charge in [0, 0.05) is 31.0 Å². The van der Waals surface area contributed by atoms with Gasteiger partial charge in [0.2, 0.25) is 17.6 Å². The van der Waals surface area contributed by atoms with Crippen molar-refractivity contribution in [2.45, 2.75) is 39.3 Å². The lowest BCUT2D eigenvalue weighted by Crippen LogP contribution is -2.45. The molecule has 14 heteroatoms. The molecule has 0 saturated heterocycles. The Bertz CT molecular complexity index is 1610. The monoisotopic (exact) mass is 605 g/mol. The Morgan fingerprint density at radius 2 is 1.88 bits per heavy atom. The first kappa shape index (κ1) is 29.6. The predicted molar refractivity (Wildman–Crippen MR) is 154 cm³/mol. The van der Waals surface area contributed by atoms with Gasteiger partial charge in [-0.15, -0.1) is 11.3 Å². The number of fused-ring (bicyclic) bond motifs is 4. The summed E-state index contributed by atoms with van der Waals surface area (Å²) in [5.41, 5.74) is 1.60. The summed E-state index contributed by atoms with van der Waals surface area (Å²) in [5.74, 6) is -1.95. The van der Waals surface area contributed by atoms with Crippen LogP contribution in [0.1, 0.15) is 79.6 Å². The van der Waals surface area contributed by atoms with Gasteiger partial charge in [-0.1, -0.05) is 49.3 Å². The molecule has 1 aliphatic heterocycles. The van der Waals surface area contributed by atoms with Crippen LogP contribution >= 0.6 is 11.3 Å². The first-order valence-corrected chi connectivity index (χ1v) is 14.6. The first-order chi connectivity index (χ1) is 20.7. The van der Waals surface area contributed by atoms with Crippen LogP contribution in [0.5, 0.6) is 0 Å². The van der Waals surface area contributed by atoms with Gasteiger partial charge in [0.25, 0.3) is 17.7 Å². The maximum absolute atomic E-state index is 13.3. The minimum Gasteiger partial charge on any atom is -0.446 e. The van der Waals surface area contributed by atoms with Gasteiger partial charge in [-0.3, -0.25) is 19.2 Å². The van der Waals surface area contributed by atoms with Crippen LogP contribution < -0.4 is 16.0 Å². The maximum Gasteiger partial charge on any atom is 0.293 e. The second-order valence-electron chi connectivity index (χ2n) is 10.5. The van der Waals surface area contributed by atoms with Crippen molar-refractivity contribution in [2.24, 2.45) is 5.92 Å². The van der Waals surface area contributed by atoms with Gasteiger partial charge in [-0.05, 0) is 18.4 Å². The van der Waals surface area contributed by atoms with Crippen molar-refractivity contribution in [2.75, 3.05) is 19.6 Å². The third-order valence-electron chi connectivity index (χ3n) is 6.77. The molecule has 0 aliphatic carbocycles. The molecule has 4 bridgehead atoms. The fourth-order valence-corrected chi connectivity index (χ4v) is 5.56. The van der Waals surface area contributed by atoms with E-state index in [1.54, 1.807) is 12.3 Å². The van der Waals surface area contributed by atoms with Crippen molar-refractivity contribution in [1.82, 2.24) is 36.0 Å². The number of nitrogens with one attached hydrogen (secondary N) is 3. The number of aromatic nitrogens is 3. The molecular formula is C29H31N7O6S. The number of hydrogen-bond acceptors (Lipinski definition) is 10. The molecule has 4 heterocycles. The summed E-state index contributed by atoms with van der Waals surface area (Å²) in [6.07, 6.45) is 1.57. The second kappa shape index (κ2) is 13.0. The molecule has 13 nitrogen and oxygen atoms in total. The molecule has 0 unspecified atom stereocenters. The largest absolute Gasteiger partial charge is 0.446 e. The zero-order valence-electron chi connectivity index (χ0n) is 23.8. The molecule has 5 rings (SSSR count). The summed E-state index contributed by atoms with van der Waals surface area (Å²) in [6, 6.07) is 9.76. The standard InChI is InChI=1S/C29H31N7O6S/c1-16(2)24-28-33-21(15-43-28)26(39)31-19(12-18-7-5-4-6-8-18)27-32-20(14-41-27)25(38)30-9-10-36(13-23(37)34-24)29(40)22-11-17(3)35-42-22/h4-8,11,14-16,19,24H,9-10,12-13H2,1-3H3,(H,30,38)(H,31,39)(H,34,37)/t19-,24-/m0/s1. The predicted octanol–water partition coefficient (Wildman–Crippen LogP) is 2.84. The third kappa shape index (κ3) is 7.15. The Morgan fingerprint density at radius 1 is 1.09 bits per heavy atom. The molecule has 4 amide bonds. The van der Waals surface area contributed by atoms with E-state index >= 15 is 0 Å². The lowest BCUT2D eigenvalue weighted by Gasteiger charge is -2.24. The van der Waals surface area contributed by atoms with Gasteiger partial charge in [0.05, 0.1) is 11.7 Å². The molecule has 1 aromatic carbocycles. The fraction of sp³-hybridized carbons (Fsp3) is 0.345. The number of amides is 4. The Hall–Kier alpha value is -4.85. The van der Waals surface area contributed by atoms with Crippen molar-refractivity contribution in [3.05, 3.63) is 87.3 Å². The normalized spacial score (nSPS) is 18.4. The van der Waals surface area contributed by atoms with E-state index in [9.17, 15) is 19.2 Å². The molecule has 0 radical (unpaired) electrons. The SMILES string of the molecule is Cc1cc(C(=O)N2CCNC(=O)c3coc(n3)[C@H](Cc3ccccc3)NC(=O)c3csc(n3)[C@H](C(C)C)NC(=O)C2)on1. The van der Waals surface area contributed by atoms with Crippen molar-refractivity contribution >= 4 is 35.0 Å². The highest BCUT2D eigenvalue weighted by molar-refractivity contribution is 7.09. The average Bonchev–Trinajstić information content (AvgIpc) is 3.76.